The van der Waals surface area contributed by atoms with Crippen LogP contribution in [-0.2, 0) is 17.6 Å². The molecule has 1 aromatic heterocycles. The van der Waals surface area contributed by atoms with Gasteiger partial charge < -0.3 is 15.4 Å². The van der Waals surface area contributed by atoms with Crippen LogP contribution in [0.15, 0.2) is 60.0 Å². The Hall–Kier alpha value is -3.39. The van der Waals surface area contributed by atoms with Crippen LogP contribution >= 0.6 is 11.3 Å². The second kappa shape index (κ2) is 11.0. The normalized spacial score (nSPS) is 10.3. The SMILES string of the molecule is COc1ccc(NC(=O)Nc2nc(CCC(=O)NCCc3ccccc3)cs2)cc1. The largest absolute Gasteiger partial charge is 0.497 e. The van der Waals surface area contributed by atoms with Crippen LogP contribution in [0.25, 0.3) is 0 Å². The minimum absolute atomic E-state index is 0.00862. The molecule has 1 heterocycles. The van der Waals surface area contributed by atoms with Gasteiger partial charge in [0.25, 0.3) is 0 Å². The molecule has 0 spiro atoms. The van der Waals surface area contributed by atoms with Crippen molar-refractivity contribution in [3.8, 4) is 5.75 Å². The standard InChI is InChI=1S/C22H24N4O3S/c1-29-19-10-7-17(8-11-19)24-21(28)26-22-25-18(15-30-22)9-12-20(27)23-14-13-16-5-3-2-4-6-16/h2-8,10-11,15H,9,12-14H2,1H3,(H,23,27)(H2,24,25,26,28). The summed E-state index contributed by atoms with van der Waals surface area (Å²) in [6, 6.07) is 16.7. The monoisotopic (exact) mass is 424 g/mol. The molecule has 7 nitrogen and oxygen atoms in total. The highest BCUT2D eigenvalue weighted by molar-refractivity contribution is 7.13. The summed E-state index contributed by atoms with van der Waals surface area (Å²) >= 11 is 1.33. The minimum Gasteiger partial charge on any atom is -0.497 e. The van der Waals surface area contributed by atoms with E-state index in [4.69, 9.17) is 4.74 Å². The van der Waals surface area contributed by atoms with E-state index in [2.05, 4.69) is 20.9 Å². The molecule has 0 saturated heterocycles. The van der Waals surface area contributed by atoms with Gasteiger partial charge in [-0.1, -0.05) is 30.3 Å². The van der Waals surface area contributed by atoms with Crippen molar-refractivity contribution in [1.29, 1.82) is 0 Å². The summed E-state index contributed by atoms with van der Waals surface area (Å²) in [6.07, 6.45) is 1.69. The van der Waals surface area contributed by atoms with E-state index in [9.17, 15) is 9.59 Å². The lowest BCUT2D eigenvalue weighted by molar-refractivity contribution is -0.121. The third-order valence-corrected chi connectivity index (χ3v) is 5.11. The van der Waals surface area contributed by atoms with Gasteiger partial charge in [-0.3, -0.25) is 10.1 Å². The lowest BCUT2D eigenvalue weighted by Crippen LogP contribution is -2.25. The van der Waals surface area contributed by atoms with E-state index in [-0.39, 0.29) is 11.9 Å². The highest BCUT2D eigenvalue weighted by atomic mass is 32.1. The molecule has 3 aromatic rings. The zero-order valence-corrected chi connectivity index (χ0v) is 17.5. The van der Waals surface area contributed by atoms with Gasteiger partial charge in [0.1, 0.15) is 5.75 Å². The van der Waals surface area contributed by atoms with E-state index in [1.807, 2.05) is 35.7 Å². The van der Waals surface area contributed by atoms with Crippen molar-refractivity contribution in [2.75, 3.05) is 24.3 Å². The number of hydrogen-bond donors (Lipinski definition) is 3. The molecule has 0 saturated carbocycles. The molecule has 0 unspecified atom stereocenters. The number of anilines is 2. The zero-order valence-electron chi connectivity index (χ0n) is 16.7. The van der Waals surface area contributed by atoms with Crippen LogP contribution in [0.5, 0.6) is 5.75 Å². The van der Waals surface area contributed by atoms with Crippen molar-refractivity contribution in [2.24, 2.45) is 0 Å². The number of nitrogens with one attached hydrogen (secondary N) is 3. The number of ether oxygens (including phenoxy) is 1. The van der Waals surface area contributed by atoms with Crippen molar-refractivity contribution in [1.82, 2.24) is 10.3 Å². The van der Waals surface area contributed by atoms with Crippen molar-refractivity contribution in [3.63, 3.8) is 0 Å². The Morgan fingerprint density at radius 1 is 1.00 bits per heavy atom. The van der Waals surface area contributed by atoms with E-state index < -0.39 is 0 Å². The van der Waals surface area contributed by atoms with Crippen molar-refractivity contribution in [3.05, 3.63) is 71.2 Å². The fourth-order valence-electron chi connectivity index (χ4n) is 2.73. The molecule has 0 aliphatic carbocycles. The van der Waals surface area contributed by atoms with Crippen molar-refractivity contribution >= 4 is 34.1 Å². The Kier molecular flexibility index (Phi) is 7.79. The Balaban J connectivity index is 1.37. The summed E-state index contributed by atoms with van der Waals surface area (Å²) in [7, 11) is 1.59. The van der Waals surface area contributed by atoms with E-state index in [1.54, 1.807) is 31.4 Å². The van der Waals surface area contributed by atoms with Gasteiger partial charge in [0.2, 0.25) is 5.91 Å². The number of nitrogens with zero attached hydrogens (tertiary/aromatic N) is 1. The summed E-state index contributed by atoms with van der Waals surface area (Å²) in [4.78, 5) is 28.5. The van der Waals surface area contributed by atoms with Crippen LogP contribution in [0.4, 0.5) is 15.6 Å². The van der Waals surface area contributed by atoms with E-state index in [1.165, 1.54) is 16.9 Å². The summed E-state index contributed by atoms with van der Waals surface area (Å²) in [6.45, 7) is 0.609. The average molecular weight is 425 g/mol. The molecule has 0 bridgehead atoms. The van der Waals surface area contributed by atoms with Gasteiger partial charge in [0, 0.05) is 24.0 Å². The van der Waals surface area contributed by atoms with Crippen LogP contribution in [-0.4, -0.2) is 30.6 Å². The lowest BCUT2D eigenvalue weighted by Gasteiger charge is -2.06. The van der Waals surface area contributed by atoms with Gasteiger partial charge in [0.05, 0.1) is 12.8 Å². The number of carbonyl (C=O) groups is 2. The fraction of sp³-hybridized carbons (Fsp3) is 0.227. The number of aryl methyl sites for hydroxylation is 1. The molecule has 8 heteroatoms. The first-order chi connectivity index (χ1) is 14.6. The van der Waals surface area contributed by atoms with Crippen LogP contribution in [0.2, 0.25) is 0 Å². The molecule has 156 valence electrons. The second-order valence-electron chi connectivity index (χ2n) is 6.54. The average Bonchev–Trinajstić information content (AvgIpc) is 3.20. The highest BCUT2D eigenvalue weighted by Gasteiger charge is 2.09. The molecule has 0 fully saturated rings. The van der Waals surface area contributed by atoms with Gasteiger partial charge in [-0.05, 0) is 42.7 Å². The topological polar surface area (TPSA) is 92.3 Å². The van der Waals surface area contributed by atoms with Gasteiger partial charge in [-0.25, -0.2) is 9.78 Å². The minimum atomic E-state index is -0.375. The Bertz CT molecular complexity index is 958. The molecule has 3 N–H and O–H groups in total. The highest BCUT2D eigenvalue weighted by Crippen LogP contribution is 2.18. The predicted molar refractivity (Wildman–Crippen MR) is 119 cm³/mol. The lowest BCUT2D eigenvalue weighted by atomic mass is 10.1. The number of aromatic nitrogens is 1. The smallest absolute Gasteiger partial charge is 0.325 e. The molecule has 0 radical (unpaired) electrons. The maximum atomic E-state index is 12.1. The van der Waals surface area contributed by atoms with Crippen LogP contribution in [0, 0.1) is 0 Å². The molecule has 30 heavy (non-hydrogen) atoms. The Labute approximate surface area is 179 Å². The molecular formula is C22H24N4O3S. The van der Waals surface area contributed by atoms with E-state index in [0.29, 0.717) is 30.2 Å². The number of carbonyl (C=O) groups excluding carboxylic acids is 2. The molecule has 0 aliphatic heterocycles. The summed E-state index contributed by atoms with van der Waals surface area (Å²) in [5.74, 6) is 0.709. The van der Waals surface area contributed by atoms with Crippen LogP contribution in [0.3, 0.4) is 0 Å². The molecular weight excluding hydrogens is 400 g/mol. The predicted octanol–water partition coefficient (Wildman–Crippen LogP) is 4.09. The Morgan fingerprint density at radius 2 is 1.77 bits per heavy atom. The maximum Gasteiger partial charge on any atom is 0.325 e. The molecule has 2 aromatic carbocycles. The zero-order chi connectivity index (χ0) is 21.2. The summed E-state index contributed by atoms with van der Waals surface area (Å²) in [5, 5.41) is 10.7. The first kappa shape index (κ1) is 21.3. The van der Waals surface area contributed by atoms with Gasteiger partial charge in [-0.2, -0.15) is 0 Å². The number of urea groups is 1. The first-order valence-corrected chi connectivity index (χ1v) is 10.5. The van der Waals surface area contributed by atoms with E-state index in [0.717, 1.165) is 17.9 Å². The second-order valence-corrected chi connectivity index (χ2v) is 7.40. The number of rotatable bonds is 9. The van der Waals surface area contributed by atoms with Gasteiger partial charge in [0.15, 0.2) is 5.13 Å². The number of benzene rings is 2. The first-order valence-electron chi connectivity index (χ1n) is 9.59. The summed E-state index contributed by atoms with van der Waals surface area (Å²) < 4.78 is 5.09. The fourth-order valence-corrected chi connectivity index (χ4v) is 3.47. The maximum absolute atomic E-state index is 12.1. The number of methoxy groups -OCH3 is 1. The number of hydrogen-bond acceptors (Lipinski definition) is 5. The van der Waals surface area contributed by atoms with Gasteiger partial charge in [-0.15, -0.1) is 11.3 Å². The quantitative estimate of drug-likeness (QED) is 0.482. The molecule has 0 atom stereocenters. The molecule has 0 aliphatic rings. The van der Waals surface area contributed by atoms with Crippen LogP contribution in [0.1, 0.15) is 17.7 Å². The van der Waals surface area contributed by atoms with Crippen LogP contribution < -0.4 is 20.7 Å². The Morgan fingerprint density at radius 3 is 2.50 bits per heavy atom. The van der Waals surface area contributed by atoms with Crippen molar-refractivity contribution < 1.29 is 14.3 Å². The molecule has 3 amide bonds. The van der Waals surface area contributed by atoms with Crippen molar-refractivity contribution in [2.45, 2.75) is 19.3 Å². The third-order valence-electron chi connectivity index (χ3n) is 4.31. The van der Waals surface area contributed by atoms with E-state index >= 15 is 0 Å². The number of amides is 3. The van der Waals surface area contributed by atoms with Gasteiger partial charge >= 0.3 is 6.03 Å². The number of thiazole rings is 1. The third kappa shape index (κ3) is 6.89. The molecule has 3 rings (SSSR count). The summed E-state index contributed by atoms with van der Waals surface area (Å²) in [5.41, 5.74) is 2.62.